The molecule has 1 atom stereocenters. The summed E-state index contributed by atoms with van der Waals surface area (Å²) >= 11 is 0. The summed E-state index contributed by atoms with van der Waals surface area (Å²) < 4.78 is 5.91. The normalized spacial score (nSPS) is 15.4. The predicted molar refractivity (Wildman–Crippen MR) is 150 cm³/mol. The highest BCUT2D eigenvalue weighted by Gasteiger charge is 2.26. The second kappa shape index (κ2) is 18.9. The molecule has 0 aliphatic heterocycles. The molecule has 0 N–H and O–H groups in total. The number of esters is 1. The zero-order chi connectivity index (χ0) is 25.1. The summed E-state index contributed by atoms with van der Waals surface area (Å²) in [5, 5.41) is 0. The van der Waals surface area contributed by atoms with E-state index in [9.17, 15) is 4.79 Å². The lowest BCUT2D eigenvalue weighted by Gasteiger charge is -2.35. The van der Waals surface area contributed by atoms with Crippen LogP contribution in [0.5, 0.6) is 5.75 Å². The summed E-state index contributed by atoms with van der Waals surface area (Å²) in [5.74, 6) is 0.766. The molecule has 0 spiro atoms. The van der Waals surface area contributed by atoms with Gasteiger partial charge in [-0.1, -0.05) is 110 Å². The Morgan fingerprint density at radius 3 is 1.94 bits per heavy atom. The van der Waals surface area contributed by atoms with Crippen LogP contribution in [0.1, 0.15) is 141 Å². The van der Waals surface area contributed by atoms with Crippen LogP contribution in [0.2, 0.25) is 0 Å². The van der Waals surface area contributed by atoms with Gasteiger partial charge in [-0.3, -0.25) is 4.79 Å². The minimum atomic E-state index is -0.0532. The van der Waals surface area contributed by atoms with E-state index in [-0.39, 0.29) is 5.97 Å². The van der Waals surface area contributed by atoms with Crippen LogP contribution in [0.15, 0.2) is 18.2 Å². The van der Waals surface area contributed by atoms with Crippen molar-refractivity contribution in [2.75, 3.05) is 13.1 Å². The van der Waals surface area contributed by atoms with E-state index in [1.807, 2.05) is 6.07 Å². The molecular formula is C32H55NO2. The molecule has 35 heavy (non-hydrogen) atoms. The molecule has 0 aromatic heterocycles. The fourth-order valence-electron chi connectivity index (χ4n) is 5.66. The van der Waals surface area contributed by atoms with E-state index in [1.165, 1.54) is 101 Å². The Morgan fingerprint density at radius 1 is 0.800 bits per heavy atom. The molecule has 200 valence electrons. The number of carbonyl (C=O) groups excluding carboxylic acids is 1. The van der Waals surface area contributed by atoms with Gasteiger partial charge in [-0.05, 0) is 68.8 Å². The zero-order valence-electron chi connectivity index (χ0n) is 23.4. The molecule has 2 rings (SSSR count). The number of rotatable bonds is 20. The van der Waals surface area contributed by atoms with Crippen LogP contribution in [-0.2, 0) is 17.6 Å². The topological polar surface area (TPSA) is 29.5 Å². The molecule has 0 fully saturated rings. The molecule has 1 unspecified atom stereocenters. The van der Waals surface area contributed by atoms with E-state index < -0.39 is 0 Å². The number of unbranched alkanes of at least 4 members (excludes halogenated alkanes) is 12. The highest BCUT2D eigenvalue weighted by molar-refractivity contribution is 5.73. The van der Waals surface area contributed by atoms with Gasteiger partial charge in [-0.25, -0.2) is 0 Å². The SMILES string of the molecule is CCCCCCCCCCCCCCCC(=O)Oc1cccc2c1CC(N(CCC)CCC)CC2. The van der Waals surface area contributed by atoms with Crippen molar-refractivity contribution in [1.29, 1.82) is 0 Å². The monoisotopic (exact) mass is 485 g/mol. The molecule has 0 heterocycles. The Morgan fingerprint density at radius 2 is 1.37 bits per heavy atom. The second-order valence-electron chi connectivity index (χ2n) is 10.8. The molecule has 3 nitrogen and oxygen atoms in total. The van der Waals surface area contributed by atoms with Gasteiger partial charge in [0.2, 0.25) is 0 Å². The van der Waals surface area contributed by atoms with Gasteiger partial charge in [0.05, 0.1) is 0 Å². The summed E-state index contributed by atoms with van der Waals surface area (Å²) in [6.45, 7) is 9.14. The van der Waals surface area contributed by atoms with Crippen LogP contribution in [0.4, 0.5) is 0 Å². The van der Waals surface area contributed by atoms with Crippen LogP contribution < -0.4 is 4.74 Å². The van der Waals surface area contributed by atoms with E-state index in [4.69, 9.17) is 4.74 Å². The fraction of sp³-hybridized carbons (Fsp3) is 0.781. The minimum Gasteiger partial charge on any atom is -0.426 e. The average molecular weight is 486 g/mol. The fourth-order valence-corrected chi connectivity index (χ4v) is 5.66. The van der Waals surface area contributed by atoms with Gasteiger partial charge in [0.1, 0.15) is 5.75 Å². The number of aryl methyl sites for hydroxylation is 1. The zero-order valence-corrected chi connectivity index (χ0v) is 23.4. The van der Waals surface area contributed by atoms with E-state index in [0.29, 0.717) is 12.5 Å². The first-order chi connectivity index (χ1) is 17.2. The first-order valence-corrected chi connectivity index (χ1v) is 15.2. The largest absolute Gasteiger partial charge is 0.426 e. The first kappa shape index (κ1) is 29.9. The molecular weight excluding hydrogens is 430 g/mol. The summed E-state index contributed by atoms with van der Waals surface area (Å²) in [7, 11) is 0. The van der Waals surface area contributed by atoms with Crippen LogP contribution >= 0.6 is 0 Å². The van der Waals surface area contributed by atoms with Gasteiger partial charge >= 0.3 is 5.97 Å². The van der Waals surface area contributed by atoms with Crippen LogP contribution in [-0.4, -0.2) is 30.0 Å². The molecule has 0 amide bonds. The molecule has 1 aromatic carbocycles. The van der Waals surface area contributed by atoms with Gasteiger partial charge in [0.15, 0.2) is 0 Å². The van der Waals surface area contributed by atoms with Crippen molar-refractivity contribution in [3.8, 4) is 5.75 Å². The number of benzene rings is 1. The number of ether oxygens (including phenoxy) is 1. The van der Waals surface area contributed by atoms with Crippen molar-refractivity contribution in [3.63, 3.8) is 0 Å². The van der Waals surface area contributed by atoms with Crippen molar-refractivity contribution in [1.82, 2.24) is 4.90 Å². The van der Waals surface area contributed by atoms with Gasteiger partial charge in [0, 0.05) is 12.5 Å². The van der Waals surface area contributed by atoms with Gasteiger partial charge in [-0.2, -0.15) is 0 Å². The molecule has 0 saturated carbocycles. The highest BCUT2D eigenvalue weighted by Crippen LogP contribution is 2.32. The standard InChI is InChI=1S/C32H55NO2/c1-4-7-8-9-10-11-12-13-14-15-16-17-18-22-32(34)35-31-21-19-20-28-23-24-29(27-30(28)31)33(25-5-2)26-6-3/h19-21,29H,4-18,22-27H2,1-3H3. The van der Waals surface area contributed by atoms with Gasteiger partial charge in [-0.15, -0.1) is 0 Å². The van der Waals surface area contributed by atoms with Crippen molar-refractivity contribution in [2.45, 2.75) is 149 Å². The molecule has 1 aromatic rings. The summed E-state index contributed by atoms with van der Waals surface area (Å²) in [6, 6.07) is 6.86. The third kappa shape index (κ3) is 12.0. The molecule has 1 aliphatic rings. The van der Waals surface area contributed by atoms with E-state index >= 15 is 0 Å². The number of hydrogen-bond donors (Lipinski definition) is 0. The maximum absolute atomic E-state index is 12.6. The van der Waals surface area contributed by atoms with Crippen LogP contribution in [0.25, 0.3) is 0 Å². The lowest BCUT2D eigenvalue weighted by Crippen LogP contribution is -2.40. The number of nitrogens with zero attached hydrogens (tertiary/aromatic N) is 1. The smallest absolute Gasteiger partial charge is 0.311 e. The predicted octanol–water partition coefficient (Wildman–Crippen LogP) is 9.05. The Hall–Kier alpha value is -1.35. The van der Waals surface area contributed by atoms with Crippen molar-refractivity contribution >= 4 is 5.97 Å². The van der Waals surface area contributed by atoms with Crippen LogP contribution in [0, 0.1) is 0 Å². The van der Waals surface area contributed by atoms with E-state index in [0.717, 1.165) is 44.5 Å². The van der Waals surface area contributed by atoms with Gasteiger partial charge in [0.25, 0.3) is 0 Å². The first-order valence-electron chi connectivity index (χ1n) is 15.2. The maximum atomic E-state index is 12.6. The molecule has 1 aliphatic carbocycles. The molecule has 0 saturated heterocycles. The van der Waals surface area contributed by atoms with E-state index in [2.05, 4.69) is 37.8 Å². The Bertz CT molecular complexity index is 680. The quantitative estimate of drug-likeness (QED) is 0.105. The van der Waals surface area contributed by atoms with Crippen molar-refractivity contribution < 1.29 is 9.53 Å². The summed E-state index contributed by atoms with van der Waals surface area (Å²) in [4.78, 5) is 15.2. The third-order valence-electron chi connectivity index (χ3n) is 7.66. The molecule has 0 radical (unpaired) electrons. The Balaban J connectivity index is 1.63. The van der Waals surface area contributed by atoms with Crippen LogP contribution in [0.3, 0.4) is 0 Å². The molecule has 0 bridgehead atoms. The molecule has 3 heteroatoms. The second-order valence-corrected chi connectivity index (χ2v) is 10.8. The Kier molecular flexibility index (Phi) is 16.1. The number of carbonyl (C=O) groups is 1. The lowest BCUT2D eigenvalue weighted by atomic mass is 9.86. The lowest BCUT2D eigenvalue weighted by molar-refractivity contribution is -0.134. The van der Waals surface area contributed by atoms with Crippen molar-refractivity contribution in [2.24, 2.45) is 0 Å². The number of hydrogen-bond acceptors (Lipinski definition) is 3. The summed E-state index contributed by atoms with van der Waals surface area (Å²) in [5.41, 5.74) is 2.65. The minimum absolute atomic E-state index is 0.0532. The average Bonchev–Trinajstić information content (AvgIpc) is 2.86. The van der Waals surface area contributed by atoms with Crippen molar-refractivity contribution in [3.05, 3.63) is 29.3 Å². The maximum Gasteiger partial charge on any atom is 0.311 e. The number of fused-ring (bicyclic) bond motifs is 1. The highest BCUT2D eigenvalue weighted by atomic mass is 16.5. The third-order valence-corrected chi connectivity index (χ3v) is 7.66. The van der Waals surface area contributed by atoms with E-state index in [1.54, 1.807) is 0 Å². The Labute approximate surface area is 217 Å². The summed E-state index contributed by atoms with van der Waals surface area (Å²) in [6.07, 6.45) is 23.4. The van der Waals surface area contributed by atoms with Gasteiger partial charge < -0.3 is 9.64 Å².